The van der Waals surface area contributed by atoms with E-state index in [1.807, 2.05) is 13.0 Å². The lowest BCUT2D eigenvalue weighted by atomic mass is 10.1. The maximum atomic E-state index is 12.4. The molecule has 1 aromatic rings. The maximum absolute atomic E-state index is 12.4. The van der Waals surface area contributed by atoms with Gasteiger partial charge in [-0.25, -0.2) is 13.1 Å². The van der Waals surface area contributed by atoms with Gasteiger partial charge in [0.15, 0.2) is 6.10 Å². The summed E-state index contributed by atoms with van der Waals surface area (Å²) in [5, 5.41) is 2.95. The first kappa shape index (κ1) is 23.3. The fraction of sp³-hybridized carbons (Fsp3) is 0.619. The molecule has 0 radical (unpaired) electrons. The summed E-state index contributed by atoms with van der Waals surface area (Å²) in [5.74, 6) is -0.918. The third-order valence-corrected chi connectivity index (χ3v) is 6.74. The van der Waals surface area contributed by atoms with Crippen molar-refractivity contribution in [1.82, 2.24) is 10.0 Å². The van der Waals surface area contributed by atoms with E-state index in [1.165, 1.54) is 19.8 Å². The Hall–Kier alpha value is -1.93. The summed E-state index contributed by atoms with van der Waals surface area (Å²) in [6.07, 6.45) is 5.43. The minimum absolute atomic E-state index is 0.0918. The number of hydrogen-bond donors (Lipinski definition) is 2. The molecule has 0 saturated heterocycles. The van der Waals surface area contributed by atoms with Gasteiger partial charge in [0.25, 0.3) is 5.91 Å². The third kappa shape index (κ3) is 7.44. The number of nitrogens with one attached hydrogen (secondary N) is 2. The highest BCUT2D eigenvalue weighted by Gasteiger charge is 2.22. The first-order valence-corrected chi connectivity index (χ1v) is 11.7. The van der Waals surface area contributed by atoms with Crippen molar-refractivity contribution in [2.24, 2.45) is 0 Å². The summed E-state index contributed by atoms with van der Waals surface area (Å²) < 4.78 is 32.5. The van der Waals surface area contributed by atoms with Crippen LogP contribution in [0.1, 0.15) is 63.0 Å². The highest BCUT2D eigenvalue weighted by Crippen LogP contribution is 2.18. The molecule has 1 aromatic carbocycles. The average Bonchev–Trinajstić information content (AvgIpc) is 2.92. The number of carbonyl (C=O) groups excluding carboxylic acids is 2. The van der Waals surface area contributed by atoms with Crippen LogP contribution in [0.15, 0.2) is 23.1 Å². The predicted molar refractivity (Wildman–Crippen MR) is 111 cm³/mol. The summed E-state index contributed by atoms with van der Waals surface area (Å²) in [5.41, 5.74) is 1.47. The molecule has 2 N–H and O–H groups in total. The fourth-order valence-corrected chi connectivity index (χ4v) is 4.77. The quantitative estimate of drug-likeness (QED) is 0.494. The van der Waals surface area contributed by atoms with Gasteiger partial charge in [-0.3, -0.25) is 9.59 Å². The molecule has 1 aliphatic rings. The Bertz CT molecular complexity index is 814. The number of carbonyl (C=O) groups is 2. The van der Waals surface area contributed by atoms with E-state index >= 15 is 0 Å². The molecular weight excluding hydrogens is 392 g/mol. The molecule has 0 heterocycles. The molecule has 0 aromatic heterocycles. The standard InChI is InChI=1S/C21H32N2O5S/c1-15-10-11-16(2)19(14-15)29(26,27)22-13-12-20(24)28-17(3)21(25)23-18-8-6-4-5-7-9-18/h10-11,14,17-18,22H,4-9,12-13H2,1-3H3,(H,23,25)/t17-/m1/s1. The lowest BCUT2D eigenvalue weighted by Crippen LogP contribution is -2.42. The van der Waals surface area contributed by atoms with Crippen molar-refractivity contribution >= 4 is 21.9 Å². The normalized spacial score (nSPS) is 16.7. The Morgan fingerprint density at radius 1 is 1.14 bits per heavy atom. The zero-order valence-electron chi connectivity index (χ0n) is 17.5. The Balaban J connectivity index is 1.78. The van der Waals surface area contributed by atoms with Gasteiger partial charge in [-0.05, 0) is 50.8 Å². The number of rotatable bonds is 8. The third-order valence-electron chi connectivity index (χ3n) is 5.13. The summed E-state index contributed by atoms with van der Waals surface area (Å²) in [6, 6.07) is 5.31. The topological polar surface area (TPSA) is 102 Å². The van der Waals surface area contributed by atoms with Gasteiger partial charge < -0.3 is 10.1 Å². The van der Waals surface area contributed by atoms with Gasteiger partial charge in [0.2, 0.25) is 10.0 Å². The fourth-order valence-electron chi connectivity index (χ4n) is 3.41. The number of aryl methyl sites for hydroxylation is 2. The molecule has 1 saturated carbocycles. The van der Waals surface area contributed by atoms with E-state index in [2.05, 4.69) is 10.0 Å². The Morgan fingerprint density at radius 3 is 2.45 bits per heavy atom. The Labute approximate surface area is 173 Å². The molecule has 0 bridgehead atoms. The first-order valence-electron chi connectivity index (χ1n) is 10.3. The molecule has 29 heavy (non-hydrogen) atoms. The number of esters is 1. The molecule has 2 rings (SSSR count). The minimum atomic E-state index is -3.71. The number of ether oxygens (including phenoxy) is 1. The lowest BCUT2D eigenvalue weighted by Gasteiger charge is -2.19. The second-order valence-corrected chi connectivity index (χ2v) is 9.48. The lowest BCUT2D eigenvalue weighted by molar-refractivity contribution is -0.154. The molecule has 162 valence electrons. The SMILES string of the molecule is Cc1ccc(C)c(S(=O)(=O)NCCC(=O)O[C@H](C)C(=O)NC2CCCCCC2)c1. The van der Waals surface area contributed by atoms with E-state index < -0.39 is 22.1 Å². The second-order valence-electron chi connectivity index (χ2n) is 7.75. The Morgan fingerprint density at radius 2 is 1.79 bits per heavy atom. The smallest absolute Gasteiger partial charge is 0.307 e. The van der Waals surface area contributed by atoms with E-state index in [0.717, 1.165) is 31.2 Å². The molecule has 8 heteroatoms. The van der Waals surface area contributed by atoms with Crippen LogP contribution in [0, 0.1) is 13.8 Å². The van der Waals surface area contributed by atoms with E-state index in [4.69, 9.17) is 4.74 Å². The highest BCUT2D eigenvalue weighted by molar-refractivity contribution is 7.89. The minimum Gasteiger partial charge on any atom is -0.453 e. The summed E-state index contributed by atoms with van der Waals surface area (Å²) in [4.78, 5) is 24.5. The predicted octanol–water partition coefficient (Wildman–Crippen LogP) is 2.74. The Kier molecular flexibility index (Phi) is 8.64. The van der Waals surface area contributed by atoms with Crippen LogP contribution in [0.2, 0.25) is 0 Å². The van der Waals surface area contributed by atoms with E-state index in [9.17, 15) is 18.0 Å². The van der Waals surface area contributed by atoms with Crippen LogP contribution >= 0.6 is 0 Å². The average molecular weight is 425 g/mol. The summed E-state index contributed by atoms with van der Waals surface area (Å²) in [6.45, 7) is 4.98. The molecule has 1 atom stereocenters. The summed E-state index contributed by atoms with van der Waals surface area (Å²) in [7, 11) is -3.71. The van der Waals surface area contributed by atoms with Gasteiger partial charge in [0.1, 0.15) is 0 Å². The van der Waals surface area contributed by atoms with Gasteiger partial charge >= 0.3 is 5.97 Å². The number of sulfonamides is 1. The zero-order valence-corrected chi connectivity index (χ0v) is 18.3. The van der Waals surface area contributed by atoms with Crippen molar-refractivity contribution in [1.29, 1.82) is 0 Å². The molecule has 0 unspecified atom stereocenters. The molecule has 1 aliphatic carbocycles. The monoisotopic (exact) mass is 424 g/mol. The van der Waals surface area contributed by atoms with E-state index in [1.54, 1.807) is 19.1 Å². The molecule has 7 nitrogen and oxygen atoms in total. The first-order chi connectivity index (χ1) is 13.7. The summed E-state index contributed by atoms with van der Waals surface area (Å²) >= 11 is 0. The molecule has 0 aliphatic heterocycles. The van der Waals surface area contributed by atoms with E-state index in [0.29, 0.717) is 5.56 Å². The molecular formula is C21H32N2O5S. The van der Waals surface area contributed by atoms with E-state index in [-0.39, 0.29) is 29.8 Å². The van der Waals surface area contributed by atoms with Crippen LogP contribution in [0.3, 0.4) is 0 Å². The van der Waals surface area contributed by atoms with Crippen LogP contribution in [-0.4, -0.2) is 39.0 Å². The molecule has 1 fully saturated rings. The number of amides is 1. The van der Waals surface area contributed by atoms with Gasteiger partial charge in [0, 0.05) is 12.6 Å². The van der Waals surface area contributed by atoms with Crippen molar-refractivity contribution in [2.75, 3.05) is 6.54 Å². The second kappa shape index (κ2) is 10.7. The van der Waals surface area contributed by atoms with Gasteiger partial charge in [-0.15, -0.1) is 0 Å². The van der Waals surface area contributed by atoms with Crippen molar-refractivity contribution < 1.29 is 22.7 Å². The zero-order chi connectivity index (χ0) is 21.4. The van der Waals surface area contributed by atoms with Crippen molar-refractivity contribution in [3.05, 3.63) is 29.3 Å². The van der Waals surface area contributed by atoms with Crippen LogP contribution in [0.4, 0.5) is 0 Å². The van der Waals surface area contributed by atoms with Crippen molar-refractivity contribution in [3.63, 3.8) is 0 Å². The van der Waals surface area contributed by atoms with Crippen LogP contribution in [0.25, 0.3) is 0 Å². The van der Waals surface area contributed by atoms with Crippen LogP contribution in [0.5, 0.6) is 0 Å². The molecule has 0 spiro atoms. The van der Waals surface area contributed by atoms with Crippen molar-refractivity contribution in [2.45, 2.75) is 82.8 Å². The number of benzene rings is 1. The molecule has 1 amide bonds. The van der Waals surface area contributed by atoms with Gasteiger partial charge in [-0.1, -0.05) is 37.8 Å². The van der Waals surface area contributed by atoms with Crippen molar-refractivity contribution in [3.8, 4) is 0 Å². The van der Waals surface area contributed by atoms with Crippen LogP contribution in [-0.2, 0) is 24.3 Å². The maximum Gasteiger partial charge on any atom is 0.307 e. The highest BCUT2D eigenvalue weighted by atomic mass is 32.2. The van der Waals surface area contributed by atoms with Gasteiger partial charge in [-0.2, -0.15) is 0 Å². The van der Waals surface area contributed by atoms with Gasteiger partial charge in [0.05, 0.1) is 11.3 Å². The van der Waals surface area contributed by atoms with Crippen LogP contribution < -0.4 is 10.0 Å². The number of hydrogen-bond acceptors (Lipinski definition) is 5. The largest absolute Gasteiger partial charge is 0.453 e.